The fourth-order valence-corrected chi connectivity index (χ4v) is 3.54. The molecule has 1 N–H and O–H groups in total. The van der Waals surface area contributed by atoms with E-state index < -0.39 is 0 Å². The Morgan fingerprint density at radius 2 is 2.00 bits per heavy atom. The fraction of sp³-hybridized carbons (Fsp3) is 0.812. The molecule has 3 nitrogen and oxygen atoms in total. The molecule has 1 aromatic rings. The van der Waals surface area contributed by atoms with E-state index in [1.807, 2.05) is 11.7 Å². The smallest absolute Gasteiger partial charge is 0.0628 e. The van der Waals surface area contributed by atoms with E-state index in [1.54, 1.807) is 0 Å². The van der Waals surface area contributed by atoms with Gasteiger partial charge in [-0.3, -0.25) is 4.68 Å². The standard InChI is InChI=1S/C16H29N3/c1-5-17-15(10-14-8-6-7-9-14)11-16-12(2)18-19(4)13(16)3/h14-15,17H,5-11H2,1-4H3. The van der Waals surface area contributed by atoms with E-state index in [0.717, 1.165) is 18.9 Å². The molecule has 0 bridgehead atoms. The van der Waals surface area contributed by atoms with Gasteiger partial charge in [0.25, 0.3) is 0 Å². The molecule has 0 radical (unpaired) electrons. The second kappa shape index (κ2) is 6.56. The van der Waals surface area contributed by atoms with Crippen LogP contribution in [0.4, 0.5) is 0 Å². The highest BCUT2D eigenvalue weighted by Crippen LogP contribution is 2.29. The molecule has 1 aliphatic rings. The van der Waals surface area contributed by atoms with Crippen LogP contribution in [-0.4, -0.2) is 22.4 Å². The van der Waals surface area contributed by atoms with Gasteiger partial charge in [-0.25, -0.2) is 0 Å². The Balaban J connectivity index is 2.02. The summed E-state index contributed by atoms with van der Waals surface area (Å²) < 4.78 is 2.02. The molecule has 2 rings (SSSR count). The molecule has 108 valence electrons. The summed E-state index contributed by atoms with van der Waals surface area (Å²) in [5, 5.41) is 8.23. The van der Waals surface area contributed by atoms with Gasteiger partial charge in [0.2, 0.25) is 0 Å². The van der Waals surface area contributed by atoms with Crippen LogP contribution >= 0.6 is 0 Å². The predicted molar refractivity (Wildman–Crippen MR) is 80.4 cm³/mol. The van der Waals surface area contributed by atoms with Gasteiger partial charge in [-0.05, 0) is 44.7 Å². The number of hydrogen-bond donors (Lipinski definition) is 1. The highest BCUT2D eigenvalue weighted by Gasteiger charge is 2.21. The molecule has 3 heteroatoms. The first-order valence-corrected chi connectivity index (χ1v) is 7.84. The summed E-state index contributed by atoms with van der Waals surface area (Å²) in [7, 11) is 2.05. The number of aryl methyl sites for hydroxylation is 2. The van der Waals surface area contributed by atoms with Crippen molar-refractivity contribution in [2.24, 2.45) is 13.0 Å². The summed E-state index contributed by atoms with van der Waals surface area (Å²) in [5.41, 5.74) is 3.98. The molecule has 1 unspecified atom stereocenters. The third-order valence-electron chi connectivity index (χ3n) is 4.69. The van der Waals surface area contributed by atoms with E-state index in [9.17, 15) is 0 Å². The average molecular weight is 263 g/mol. The molecule has 1 atom stereocenters. The van der Waals surface area contributed by atoms with Crippen LogP contribution in [0.25, 0.3) is 0 Å². The molecule has 0 saturated heterocycles. The maximum atomic E-state index is 4.54. The predicted octanol–water partition coefficient (Wildman–Crippen LogP) is 3.14. The van der Waals surface area contributed by atoms with E-state index >= 15 is 0 Å². The third-order valence-corrected chi connectivity index (χ3v) is 4.69. The maximum absolute atomic E-state index is 4.54. The zero-order valence-corrected chi connectivity index (χ0v) is 13.0. The zero-order chi connectivity index (χ0) is 13.8. The monoisotopic (exact) mass is 263 g/mol. The van der Waals surface area contributed by atoms with Gasteiger partial charge in [0.05, 0.1) is 5.69 Å². The lowest BCUT2D eigenvalue weighted by Gasteiger charge is -2.21. The topological polar surface area (TPSA) is 29.9 Å². The summed E-state index contributed by atoms with van der Waals surface area (Å²) >= 11 is 0. The zero-order valence-electron chi connectivity index (χ0n) is 13.0. The van der Waals surface area contributed by atoms with Gasteiger partial charge in [0, 0.05) is 18.8 Å². The molecule has 0 spiro atoms. The van der Waals surface area contributed by atoms with Crippen LogP contribution in [0.1, 0.15) is 56.0 Å². The Bertz CT molecular complexity index is 402. The normalized spacial score (nSPS) is 18.1. The van der Waals surface area contributed by atoms with Gasteiger partial charge in [-0.1, -0.05) is 32.6 Å². The van der Waals surface area contributed by atoms with Crippen LogP contribution in [0.15, 0.2) is 0 Å². The van der Waals surface area contributed by atoms with Crippen molar-refractivity contribution in [3.05, 3.63) is 17.0 Å². The van der Waals surface area contributed by atoms with E-state index in [1.165, 1.54) is 49.1 Å². The lowest BCUT2D eigenvalue weighted by atomic mass is 9.93. The van der Waals surface area contributed by atoms with E-state index in [2.05, 4.69) is 31.2 Å². The average Bonchev–Trinajstić information content (AvgIpc) is 2.94. The van der Waals surface area contributed by atoms with Crippen LogP contribution < -0.4 is 5.32 Å². The van der Waals surface area contributed by atoms with Crippen LogP contribution in [0.2, 0.25) is 0 Å². The van der Waals surface area contributed by atoms with Gasteiger partial charge in [-0.2, -0.15) is 5.10 Å². The Labute approximate surface area is 117 Å². The molecule has 1 fully saturated rings. The number of likely N-dealkylation sites (N-methyl/N-ethyl adjacent to an activating group) is 1. The lowest BCUT2D eigenvalue weighted by molar-refractivity contribution is 0.389. The van der Waals surface area contributed by atoms with Crippen molar-refractivity contribution in [3.8, 4) is 0 Å². The molecule has 1 aromatic heterocycles. The van der Waals surface area contributed by atoms with Crippen LogP contribution in [0, 0.1) is 19.8 Å². The summed E-state index contributed by atoms with van der Waals surface area (Å²) in [6.45, 7) is 7.61. The largest absolute Gasteiger partial charge is 0.314 e. The van der Waals surface area contributed by atoms with Crippen molar-refractivity contribution in [2.45, 2.75) is 65.3 Å². The summed E-state index contributed by atoms with van der Waals surface area (Å²) in [5.74, 6) is 0.946. The first-order chi connectivity index (χ1) is 9.11. The van der Waals surface area contributed by atoms with Gasteiger partial charge in [-0.15, -0.1) is 0 Å². The molecular formula is C16H29N3. The van der Waals surface area contributed by atoms with Gasteiger partial charge in [0.1, 0.15) is 0 Å². The number of nitrogens with one attached hydrogen (secondary N) is 1. The third kappa shape index (κ3) is 3.59. The number of nitrogens with zero attached hydrogens (tertiary/aromatic N) is 2. The van der Waals surface area contributed by atoms with Gasteiger partial charge < -0.3 is 5.32 Å². The minimum absolute atomic E-state index is 0.620. The highest BCUT2D eigenvalue weighted by atomic mass is 15.3. The van der Waals surface area contributed by atoms with Gasteiger partial charge >= 0.3 is 0 Å². The number of rotatable bonds is 6. The van der Waals surface area contributed by atoms with E-state index in [0.29, 0.717) is 6.04 Å². The van der Waals surface area contributed by atoms with E-state index in [-0.39, 0.29) is 0 Å². The Kier molecular flexibility index (Phi) is 5.03. The molecule has 1 heterocycles. The van der Waals surface area contributed by atoms with Crippen molar-refractivity contribution >= 4 is 0 Å². The quantitative estimate of drug-likeness (QED) is 0.854. The second-order valence-electron chi connectivity index (χ2n) is 6.12. The van der Waals surface area contributed by atoms with Crippen molar-refractivity contribution in [3.63, 3.8) is 0 Å². The van der Waals surface area contributed by atoms with Crippen molar-refractivity contribution in [1.82, 2.24) is 15.1 Å². The minimum atomic E-state index is 0.620. The van der Waals surface area contributed by atoms with E-state index in [4.69, 9.17) is 0 Å². The first-order valence-electron chi connectivity index (χ1n) is 7.84. The van der Waals surface area contributed by atoms with Crippen LogP contribution in [-0.2, 0) is 13.5 Å². The molecule has 0 aromatic carbocycles. The Morgan fingerprint density at radius 1 is 1.32 bits per heavy atom. The highest BCUT2D eigenvalue weighted by molar-refractivity contribution is 5.25. The molecule has 1 saturated carbocycles. The summed E-state index contributed by atoms with van der Waals surface area (Å²) in [4.78, 5) is 0. The van der Waals surface area contributed by atoms with Crippen molar-refractivity contribution < 1.29 is 0 Å². The minimum Gasteiger partial charge on any atom is -0.314 e. The second-order valence-corrected chi connectivity index (χ2v) is 6.12. The van der Waals surface area contributed by atoms with Crippen molar-refractivity contribution in [2.75, 3.05) is 6.54 Å². The number of aromatic nitrogens is 2. The van der Waals surface area contributed by atoms with Crippen molar-refractivity contribution in [1.29, 1.82) is 0 Å². The molecule has 1 aliphatic carbocycles. The summed E-state index contributed by atoms with van der Waals surface area (Å²) in [6.07, 6.45) is 8.22. The fourth-order valence-electron chi connectivity index (χ4n) is 3.54. The van der Waals surface area contributed by atoms with Crippen LogP contribution in [0.5, 0.6) is 0 Å². The first kappa shape index (κ1) is 14.6. The summed E-state index contributed by atoms with van der Waals surface area (Å²) in [6, 6.07) is 0.620. The van der Waals surface area contributed by atoms with Gasteiger partial charge in [0.15, 0.2) is 0 Å². The van der Waals surface area contributed by atoms with Crippen LogP contribution in [0.3, 0.4) is 0 Å². The molecule has 0 aliphatic heterocycles. The maximum Gasteiger partial charge on any atom is 0.0628 e. The Morgan fingerprint density at radius 3 is 2.53 bits per heavy atom. The SMILES string of the molecule is CCNC(Cc1c(C)nn(C)c1C)CC1CCCC1. The Hall–Kier alpha value is -0.830. The molecule has 19 heavy (non-hydrogen) atoms. The molecular weight excluding hydrogens is 234 g/mol. The number of hydrogen-bond acceptors (Lipinski definition) is 2. The molecule has 0 amide bonds. The lowest BCUT2D eigenvalue weighted by Crippen LogP contribution is -2.33.